The molecule has 26 heavy (non-hydrogen) atoms. The fraction of sp³-hybridized carbons (Fsp3) is 0.632. The predicted molar refractivity (Wildman–Crippen MR) is 99.4 cm³/mol. The molecule has 0 bridgehead atoms. The van der Waals surface area contributed by atoms with Gasteiger partial charge in [-0.3, -0.25) is 4.79 Å². The first-order chi connectivity index (χ1) is 11.8. The van der Waals surface area contributed by atoms with Crippen LogP contribution in [0.1, 0.15) is 37.3 Å². The van der Waals surface area contributed by atoms with Gasteiger partial charge in [-0.25, -0.2) is 0 Å². The minimum atomic E-state index is -4.32. The Bertz CT molecular complexity index is 555. The van der Waals surface area contributed by atoms with Crippen LogP contribution in [0.5, 0.6) is 0 Å². The molecular formula is C19H28ClF3N2O. The molecule has 0 radical (unpaired) electrons. The van der Waals surface area contributed by atoms with Gasteiger partial charge in [-0.05, 0) is 62.9 Å². The Kier molecular flexibility index (Phi) is 8.90. The second kappa shape index (κ2) is 10.2. The number of rotatable bonds is 6. The van der Waals surface area contributed by atoms with Crippen molar-refractivity contribution in [3.63, 3.8) is 0 Å². The molecule has 1 heterocycles. The van der Waals surface area contributed by atoms with Gasteiger partial charge in [0, 0.05) is 19.0 Å². The van der Waals surface area contributed by atoms with E-state index in [1.54, 1.807) is 0 Å². The van der Waals surface area contributed by atoms with Crippen LogP contribution in [0, 0.1) is 11.8 Å². The highest BCUT2D eigenvalue weighted by molar-refractivity contribution is 5.85. The molecule has 0 saturated carbocycles. The van der Waals surface area contributed by atoms with Crippen molar-refractivity contribution in [3.8, 4) is 0 Å². The fourth-order valence-corrected chi connectivity index (χ4v) is 3.37. The lowest BCUT2D eigenvalue weighted by atomic mass is 9.92. The topological polar surface area (TPSA) is 32.3 Å². The first-order valence-corrected chi connectivity index (χ1v) is 8.90. The van der Waals surface area contributed by atoms with Gasteiger partial charge in [-0.2, -0.15) is 13.2 Å². The lowest BCUT2D eigenvalue weighted by molar-refractivity contribution is -0.138. The maximum atomic E-state index is 12.6. The van der Waals surface area contributed by atoms with E-state index in [-0.39, 0.29) is 24.2 Å². The van der Waals surface area contributed by atoms with Gasteiger partial charge in [0.25, 0.3) is 0 Å². The van der Waals surface area contributed by atoms with E-state index in [9.17, 15) is 18.0 Å². The molecule has 1 atom stereocenters. The third kappa shape index (κ3) is 6.47. The third-order valence-electron chi connectivity index (χ3n) is 4.97. The molecule has 2 rings (SSSR count). The summed E-state index contributed by atoms with van der Waals surface area (Å²) in [6.07, 6.45) is -0.658. The second-order valence-corrected chi connectivity index (χ2v) is 6.96. The number of nitrogens with zero attached hydrogens (tertiary/aromatic N) is 1. The Labute approximate surface area is 159 Å². The maximum absolute atomic E-state index is 12.6. The van der Waals surface area contributed by atoms with Gasteiger partial charge in [0.1, 0.15) is 0 Å². The summed E-state index contributed by atoms with van der Waals surface area (Å²) in [4.78, 5) is 14.5. The summed E-state index contributed by atoms with van der Waals surface area (Å²) < 4.78 is 37.8. The van der Waals surface area contributed by atoms with Crippen LogP contribution in [-0.4, -0.2) is 37.5 Å². The largest absolute Gasteiger partial charge is 0.416 e. The van der Waals surface area contributed by atoms with E-state index in [1.807, 2.05) is 18.9 Å². The predicted octanol–water partition coefficient (Wildman–Crippen LogP) is 4.15. The Morgan fingerprint density at radius 3 is 2.31 bits per heavy atom. The number of nitrogens with one attached hydrogen (secondary N) is 1. The summed E-state index contributed by atoms with van der Waals surface area (Å²) in [6, 6.07) is 5.10. The van der Waals surface area contributed by atoms with E-state index in [1.165, 1.54) is 12.1 Å². The van der Waals surface area contributed by atoms with E-state index in [2.05, 4.69) is 5.32 Å². The number of likely N-dealkylation sites (tertiary alicyclic amines) is 1. The maximum Gasteiger partial charge on any atom is 0.416 e. The van der Waals surface area contributed by atoms with Gasteiger partial charge in [0.05, 0.1) is 5.56 Å². The molecule has 1 N–H and O–H groups in total. The van der Waals surface area contributed by atoms with Crippen LogP contribution in [0.15, 0.2) is 24.3 Å². The van der Waals surface area contributed by atoms with Crippen molar-refractivity contribution in [2.75, 3.05) is 26.7 Å². The highest BCUT2D eigenvalue weighted by atomic mass is 35.5. The number of benzene rings is 1. The smallest absolute Gasteiger partial charge is 0.342 e. The fourth-order valence-electron chi connectivity index (χ4n) is 3.37. The van der Waals surface area contributed by atoms with Gasteiger partial charge in [-0.15, -0.1) is 12.4 Å². The Hall–Kier alpha value is -1.27. The molecule has 1 fully saturated rings. The van der Waals surface area contributed by atoms with Gasteiger partial charge >= 0.3 is 6.18 Å². The van der Waals surface area contributed by atoms with Crippen LogP contribution in [0.3, 0.4) is 0 Å². The van der Waals surface area contributed by atoms with Crippen LogP contribution < -0.4 is 5.32 Å². The summed E-state index contributed by atoms with van der Waals surface area (Å²) in [6.45, 7) is 4.42. The van der Waals surface area contributed by atoms with Gasteiger partial charge in [-0.1, -0.05) is 19.1 Å². The van der Waals surface area contributed by atoms with Crippen LogP contribution >= 0.6 is 12.4 Å². The summed E-state index contributed by atoms with van der Waals surface area (Å²) in [5.41, 5.74) is 0.108. The summed E-state index contributed by atoms with van der Waals surface area (Å²) >= 11 is 0. The number of hydrogen-bond donors (Lipinski definition) is 1. The highest BCUT2D eigenvalue weighted by Gasteiger charge is 2.30. The van der Waals surface area contributed by atoms with Crippen molar-refractivity contribution >= 4 is 18.3 Å². The number of hydrogen-bond acceptors (Lipinski definition) is 2. The zero-order valence-electron chi connectivity index (χ0n) is 15.3. The second-order valence-electron chi connectivity index (χ2n) is 6.96. The molecule has 0 aliphatic carbocycles. The normalized spacial score (nSPS) is 16.9. The molecule has 7 heteroatoms. The number of piperidine rings is 1. The van der Waals surface area contributed by atoms with Crippen molar-refractivity contribution in [2.45, 2.75) is 38.8 Å². The van der Waals surface area contributed by atoms with Crippen molar-refractivity contribution < 1.29 is 18.0 Å². The molecule has 1 aliphatic rings. The summed E-state index contributed by atoms with van der Waals surface area (Å²) in [7, 11) is 1.95. The summed E-state index contributed by atoms with van der Waals surface area (Å²) in [5, 5.41) is 3.16. The molecule has 1 saturated heterocycles. The standard InChI is InChI=1S/C19H27F3N2O.ClH/c1-14(13-16-3-5-17(6-4-16)19(20,21)22)18(25)24-11-8-15(9-12-24)7-10-23-2;/h3-6,14-15,23H,7-13H2,1-2H3;1H. The summed E-state index contributed by atoms with van der Waals surface area (Å²) in [5.74, 6) is 0.555. The molecule has 1 amide bonds. The monoisotopic (exact) mass is 392 g/mol. The molecule has 1 unspecified atom stereocenters. The molecule has 1 aromatic rings. The lowest BCUT2D eigenvalue weighted by Gasteiger charge is -2.33. The quantitative estimate of drug-likeness (QED) is 0.788. The van der Waals surface area contributed by atoms with E-state index in [4.69, 9.17) is 0 Å². The Morgan fingerprint density at radius 1 is 1.23 bits per heavy atom. The van der Waals surface area contributed by atoms with Crippen molar-refractivity contribution in [3.05, 3.63) is 35.4 Å². The SMILES string of the molecule is CNCCC1CCN(C(=O)C(C)Cc2ccc(C(F)(F)F)cc2)CC1.Cl. The number of carbonyl (C=O) groups excluding carboxylic acids is 1. The molecule has 148 valence electrons. The molecular weight excluding hydrogens is 365 g/mol. The molecule has 0 aromatic heterocycles. The zero-order valence-corrected chi connectivity index (χ0v) is 16.1. The van der Waals surface area contributed by atoms with Gasteiger partial charge in [0.15, 0.2) is 0 Å². The van der Waals surface area contributed by atoms with E-state index >= 15 is 0 Å². The first kappa shape index (κ1) is 22.8. The highest BCUT2D eigenvalue weighted by Crippen LogP contribution is 2.29. The third-order valence-corrected chi connectivity index (χ3v) is 4.97. The number of carbonyl (C=O) groups is 1. The number of alkyl halides is 3. The van der Waals surface area contributed by atoms with Crippen LogP contribution in [-0.2, 0) is 17.4 Å². The Morgan fingerprint density at radius 2 is 1.81 bits per heavy atom. The van der Waals surface area contributed by atoms with Crippen LogP contribution in [0.4, 0.5) is 13.2 Å². The van der Waals surface area contributed by atoms with E-state index in [0.717, 1.165) is 56.6 Å². The first-order valence-electron chi connectivity index (χ1n) is 8.90. The lowest BCUT2D eigenvalue weighted by Crippen LogP contribution is -2.42. The van der Waals surface area contributed by atoms with E-state index in [0.29, 0.717) is 12.3 Å². The minimum absolute atomic E-state index is 0. The average Bonchev–Trinajstić information content (AvgIpc) is 2.59. The Balaban J connectivity index is 0.00000338. The average molecular weight is 393 g/mol. The van der Waals surface area contributed by atoms with Crippen LogP contribution in [0.2, 0.25) is 0 Å². The van der Waals surface area contributed by atoms with Gasteiger partial charge in [0.2, 0.25) is 5.91 Å². The number of amides is 1. The van der Waals surface area contributed by atoms with Crippen molar-refractivity contribution in [2.24, 2.45) is 11.8 Å². The molecule has 0 spiro atoms. The van der Waals surface area contributed by atoms with Crippen LogP contribution in [0.25, 0.3) is 0 Å². The van der Waals surface area contributed by atoms with Crippen molar-refractivity contribution in [1.82, 2.24) is 10.2 Å². The molecule has 1 aliphatic heterocycles. The van der Waals surface area contributed by atoms with E-state index < -0.39 is 11.7 Å². The zero-order chi connectivity index (χ0) is 18.4. The van der Waals surface area contributed by atoms with Crippen molar-refractivity contribution in [1.29, 1.82) is 0 Å². The molecule has 1 aromatic carbocycles. The molecule has 3 nitrogen and oxygen atoms in total. The number of halogens is 4. The minimum Gasteiger partial charge on any atom is -0.342 e. The van der Waals surface area contributed by atoms with Gasteiger partial charge < -0.3 is 10.2 Å².